The molecule has 0 spiro atoms. The molecular formula is C23H26BrN. The quantitative estimate of drug-likeness (QED) is 0.420. The van der Waals surface area contributed by atoms with Crippen LogP contribution in [-0.4, -0.2) is 6.54 Å². The summed E-state index contributed by atoms with van der Waals surface area (Å²) in [5, 5.41) is 0. The molecule has 0 bridgehead atoms. The van der Waals surface area contributed by atoms with Crippen molar-refractivity contribution in [2.75, 3.05) is 6.54 Å². The summed E-state index contributed by atoms with van der Waals surface area (Å²) in [5.41, 5.74) is 3.98. The van der Waals surface area contributed by atoms with E-state index in [0.717, 1.165) is 11.0 Å². The molecule has 0 aromatic heterocycles. The van der Waals surface area contributed by atoms with E-state index in [2.05, 4.69) is 97.9 Å². The standard InChI is InChI=1S/C23H26N.BrH/c1-2-3-13-20-24(21-14-7-4-8-15-21,22-16-9-5-10-17-22)23-18-11-6-12-19-23;/h4-12,14-19H,2-3,13,20H2,1H3;1H/q+1;/p-1. The number of hydrogen-bond donors (Lipinski definition) is 0. The highest BCUT2D eigenvalue weighted by Crippen LogP contribution is 2.43. The van der Waals surface area contributed by atoms with Gasteiger partial charge in [0.25, 0.3) is 0 Å². The lowest BCUT2D eigenvalue weighted by molar-refractivity contribution is -0.00000481. The maximum absolute atomic E-state index is 2.27. The van der Waals surface area contributed by atoms with Crippen LogP contribution < -0.4 is 21.5 Å². The van der Waals surface area contributed by atoms with Gasteiger partial charge in [0, 0.05) is 0 Å². The van der Waals surface area contributed by atoms with Crippen molar-refractivity contribution in [3.8, 4) is 0 Å². The van der Waals surface area contributed by atoms with Crippen LogP contribution in [0.5, 0.6) is 0 Å². The Bertz CT molecular complexity index is 629. The van der Waals surface area contributed by atoms with Crippen LogP contribution in [0.1, 0.15) is 26.2 Å². The molecule has 0 saturated heterocycles. The average Bonchev–Trinajstić information content (AvgIpc) is 2.68. The molecule has 2 heteroatoms. The monoisotopic (exact) mass is 395 g/mol. The van der Waals surface area contributed by atoms with Gasteiger partial charge >= 0.3 is 0 Å². The first-order valence-electron chi connectivity index (χ1n) is 8.93. The number of hydrogen-bond acceptors (Lipinski definition) is 0. The Morgan fingerprint density at radius 2 is 0.920 bits per heavy atom. The minimum atomic E-state index is 0. The highest BCUT2D eigenvalue weighted by molar-refractivity contribution is 5.70. The molecule has 0 aliphatic heterocycles. The van der Waals surface area contributed by atoms with E-state index in [4.69, 9.17) is 0 Å². The van der Waals surface area contributed by atoms with Crippen LogP contribution in [0.3, 0.4) is 0 Å². The Hall–Kier alpha value is -1.90. The molecule has 0 atom stereocenters. The van der Waals surface area contributed by atoms with E-state index >= 15 is 0 Å². The lowest BCUT2D eigenvalue weighted by Gasteiger charge is -2.37. The second-order valence-electron chi connectivity index (χ2n) is 6.25. The third-order valence-electron chi connectivity index (χ3n) is 4.69. The fourth-order valence-electron chi connectivity index (χ4n) is 3.48. The van der Waals surface area contributed by atoms with Crippen LogP contribution in [0.15, 0.2) is 91.0 Å². The Balaban J connectivity index is 0.00000225. The van der Waals surface area contributed by atoms with Crippen molar-refractivity contribution in [3.63, 3.8) is 0 Å². The third-order valence-corrected chi connectivity index (χ3v) is 4.69. The molecule has 0 aliphatic carbocycles. The molecule has 3 aromatic rings. The van der Waals surface area contributed by atoms with E-state index < -0.39 is 0 Å². The number of benzene rings is 3. The van der Waals surface area contributed by atoms with E-state index in [9.17, 15) is 0 Å². The predicted molar refractivity (Wildman–Crippen MR) is 105 cm³/mol. The maximum atomic E-state index is 2.27. The topological polar surface area (TPSA) is 0 Å². The minimum Gasteiger partial charge on any atom is -1.00 e. The van der Waals surface area contributed by atoms with Gasteiger partial charge < -0.3 is 17.0 Å². The second kappa shape index (κ2) is 9.55. The van der Waals surface area contributed by atoms with Gasteiger partial charge in [0.05, 0.1) is 6.54 Å². The summed E-state index contributed by atoms with van der Waals surface area (Å²) in [5.74, 6) is 0. The highest BCUT2D eigenvalue weighted by Gasteiger charge is 2.35. The number of rotatable bonds is 7. The zero-order chi connectivity index (χ0) is 16.7. The van der Waals surface area contributed by atoms with Crippen molar-refractivity contribution in [1.29, 1.82) is 0 Å². The molecule has 3 aromatic carbocycles. The fourth-order valence-corrected chi connectivity index (χ4v) is 3.48. The third kappa shape index (κ3) is 4.20. The molecule has 0 N–H and O–H groups in total. The molecule has 130 valence electrons. The molecule has 0 amide bonds. The summed E-state index contributed by atoms with van der Waals surface area (Å²) >= 11 is 0. The first-order chi connectivity index (χ1) is 11.9. The van der Waals surface area contributed by atoms with Gasteiger partial charge in [-0.2, -0.15) is 0 Å². The number of halogens is 1. The van der Waals surface area contributed by atoms with Gasteiger partial charge in [0.2, 0.25) is 0 Å². The smallest absolute Gasteiger partial charge is 0.143 e. The number of nitrogens with zero attached hydrogens (tertiary/aromatic N) is 1. The molecule has 0 fully saturated rings. The molecule has 0 saturated carbocycles. The lowest BCUT2D eigenvalue weighted by atomic mass is 10.1. The average molecular weight is 396 g/mol. The molecule has 25 heavy (non-hydrogen) atoms. The summed E-state index contributed by atoms with van der Waals surface area (Å²) in [7, 11) is 0. The largest absolute Gasteiger partial charge is 1.00 e. The maximum Gasteiger partial charge on any atom is 0.143 e. The molecule has 1 nitrogen and oxygen atoms in total. The highest BCUT2D eigenvalue weighted by atomic mass is 79.9. The first kappa shape index (κ1) is 19.4. The molecule has 3 rings (SSSR count). The van der Waals surface area contributed by atoms with Crippen LogP contribution in [0.2, 0.25) is 0 Å². The molecule has 0 heterocycles. The van der Waals surface area contributed by atoms with E-state index in [0.29, 0.717) is 0 Å². The van der Waals surface area contributed by atoms with Crippen molar-refractivity contribution < 1.29 is 17.0 Å². The molecule has 0 radical (unpaired) electrons. The number of unbranched alkanes of at least 4 members (excludes halogenated alkanes) is 2. The Labute approximate surface area is 162 Å². The summed E-state index contributed by atoms with van der Waals surface area (Å²) < 4.78 is 0.780. The van der Waals surface area contributed by atoms with Gasteiger partial charge in [-0.1, -0.05) is 67.9 Å². The fraction of sp³-hybridized carbons (Fsp3) is 0.217. The SMILES string of the molecule is CCCCC[N+](c1ccccc1)(c1ccccc1)c1ccccc1.[Br-]. The van der Waals surface area contributed by atoms with E-state index in [1.165, 1.54) is 36.3 Å². The van der Waals surface area contributed by atoms with E-state index in [-0.39, 0.29) is 17.0 Å². The van der Waals surface area contributed by atoms with Crippen molar-refractivity contribution in [2.45, 2.75) is 26.2 Å². The van der Waals surface area contributed by atoms with Crippen LogP contribution in [0, 0.1) is 0 Å². The zero-order valence-electron chi connectivity index (χ0n) is 14.8. The van der Waals surface area contributed by atoms with Crippen molar-refractivity contribution >= 4 is 17.1 Å². The van der Waals surface area contributed by atoms with Gasteiger partial charge in [-0.05, 0) is 49.2 Å². The van der Waals surface area contributed by atoms with E-state index in [1.807, 2.05) is 0 Å². The van der Waals surface area contributed by atoms with Gasteiger partial charge in [-0.15, -0.1) is 0 Å². The number of quaternary nitrogens is 1. The Kier molecular flexibility index (Phi) is 7.42. The van der Waals surface area contributed by atoms with Gasteiger partial charge in [-0.25, -0.2) is 4.48 Å². The first-order valence-corrected chi connectivity index (χ1v) is 8.93. The van der Waals surface area contributed by atoms with Crippen molar-refractivity contribution in [1.82, 2.24) is 4.48 Å². The normalized spacial score (nSPS) is 10.9. The molecular weight excluding hydrogens is 370 g/mol. The van der Waals surface area contributed by atoms with Crippen LogP contribution in [-0.2, 0) is 0 Å². The van der Waals surface area contributed by atoms with Crippen LogP contribution >= 0.6 is 0 Å². The summed E-state index contributed by atoms with van der Waals surface area (Å²) in [6.07, 6.45) is 3.69. The second-order valence-corrected chi connectivity index (χ2v) is 6.25. The minimum absolute atomic E-state index is 0. The Morgan fingerprint density at radius 1 is 0.560 bits per heavy atom. The van der Waals surface area contributed by atoms with E-state index in [1.54, 1.807) is 0 Å². The van der Waals surface area contributed by atoms with Crippen molar-refractivity contribution in [3.05, 3.63) is 91.0 Å². The van der Waals surface area contributed by atoms with Crippen molar-refractivity contribution in [2.24, 2.45) is 0 Å². The summed E-state index contributed by atoms with van der Waals surface area (Å²) in [6, 6.07) is 32.7. The summed E-state index contributed by atoms with van der Waals surface area (Å²) in [6.45, 7) is 3.34. The van der Waals surface area contributed by atoms with Gasteiger partial charge in [0.1, 0.15) is 17.1 Å². The molecule has 0 unspecified atom stereocenters. The number of para-hydroxylation sites is 3. The van der Waals surface area contributed by atoms with Crippen LogP contribution in [0.25, 0.3) is 0 Å². The molecule has 0 aliphatic rings. The van der Waals surface area contributed by atoms with Gasteiger partial charge in [0.15, 0.2) is 0 Å². The zero-order valence-corrected chi connectivity index (χ0v) is 16.4. The summed E-state index contributed by atoms with van der Waals surface area (Å²) in [4.78, 5) is 0. The Morgan fingerprint density at radius 3 is 1.24 bits per heavy atom. The van der Waals surface area contributed by atoms with Gasteiger partial charge in [-0.3, -0.25) is 0 Å². The van der Waals surface area contributed by atoms with Crippen LogP contribution in [0.4, 0.5) is 17.1 Å². The lowest BCUT2D eigenvalue weighted by Crippen LogP contribution is -3.00. The predicted octanol–water partition coefficient (Wildman–Crippen LogP) is 3.85.